The van der Waals surface area contributed by atoms with Gasteiger partial charge in [0, 0.05) is 6.07 Å². The van der Waals surface area contributed by atoms with Crippen molar-refractivity contribution in [2.45, 2.75) is 11.8 Å². The Bertz CT molecular complexity index is 740. The second-order valence-electron chi connectivity index (χ2n) is 4.17. The third-order valence-electron chi connectivity index (χ3n) is 2.54. The normalized spacial score (nSPS) is 11.4. The van der Waals surface area contributed by atoms with Crippen LogP contribution in [0.4, 0.5) is 18.9 Å². The van der Waals surface area contributed by atoms with Crippen molar-refractivity contribution in [2.75, 3.05) is 4.72 Å². The maximum absolute atomic E-state index is 13.0. The van der Waals surface area contributed by atoms with E-state index in [2.05, 4.69) is 0 Å². The first kappa shape index (κ1) is 14.4. The average Bonchev–Trinajstić information content (AvgIpc) is 2.25. The summed E-state index contributed by atoms with van der Waals surface area (Å²) < 4.78 is 65.2. The Balaban J connectivity index is 2.40. The zero-order chi connectivity index (χ0) is 14.9. The van der Waals surface area contributed by atoms with Gasteiger partial charge in [0.25, 0.3) is 10.0 Å². The number of aryl methyl sites for hydroxylation is 1. The number of nitrogens with one attached hydrogen (secondary N) is 1. The van der Waals surface area contributed by atoms with Crippen molar-refractivity contribution in [1.29, 1.82) is 0 Å². The molecule has 0 aliphatic rings. The van der Waals surface area contributed by atoms with E-state index in [1.54, 1.807) is 0 Å². The van der Waals surface area contributed by atoms with E-state index in [1.807, 2.05) is 4.72 Å². The first-order valence-electron chi connectivity index (χ1n) is 5.53. The van der Waals surface area contributed by atoms with Crippen molar-refractivity contribution in [1.82, 2.24) is 0 Å². The van der Waals surface area contributed by atoms with E-state index in [9.17, 15) is 21.6 Å². The molecule has 7 heteroatoms. The fourth-order valence-electron chi connectivity index (χ4n) is 1.74. The molecule has 0 aromatic heterocycles. The molecule has 0 bridgehead atoms. The van der Waals surface area contributed by atoms with E-state index in [0.29, 0.717) is 6.07 Å². The van der Waals surface area contributed by atoms with E-state index in [4.69, 9.17) is 0 Å². The van der Waals surface area contributed by atoms with Gasteiger partial charge in [0.05, 0.1) is 10.6 Å². The van der Waals surface area contributed by atoms with Gasteiger partial charge in [-0.1, -0.05) is 0 Å². The van der Waals surface area contributed by atoms with Crippen LogP contribution in [-0.2, 0) is 10.0 Å². The standard InChI is InChI=1S/C13H10F3NO2S/c1-8-4-9(14)2-3-13(8)20(18,19)17-12-6-10(15)5-11(16)7-12/h2-7,17H,1H3. The summed E-state index contributed by atoms with van der Waals surface area (Å²) in [5.41, 5.74) is -0.0550. The fraction of sp³-hybridized carbons (Fsp3) is 0.0769. The molecule has 2 rings (SSSR count). The van der Waals surface area contributed by atoms with Crippen molar-refractivity contribution in [3.05, 3.63) is 59.4 Å². The molecule has 20 heavy (non-hydrogen) atoms. The van der Waals surface area contributed by atoms with E-state index in [-0.39, 0.29) is 16.1 Å². The van der Waals surface area contributed by atoms with Crippen LogP contribution in [0.25, 0.3) is 0 Å². The van der Waals surface area contributed by atoms with Crippen LogP contribution in [0.15, 0.2) is 41.3 Å². The molecule has 0 spiro atoms. The van der Waals surface area contributed by atoms with Crippen LogP contribution in [-0.4, -0.2) is 8.42 Å². The second kappa shape index (κ2) is 5.16. The minimum Gasteiger partial charge on any atom is -0.279 e. The Kier molecular flexibility index (Phi) is 3.71. The minimum absolute atomic E-state index is 0.163. The number of hydrogen-bond donors (Lipinski definition) is 1. The molecule has 0 heterocycles. The van der Waals surface area contributed by atoms with Crippen LogP contribution in [0.2, 0.25) is 0 Å². The number of halogens is 3. The summed E-state index contributed by atoms with van der Waals surface area (Å²) in [6.07, 6.45) is 0. The molecule has 1 N–H and O–H groups in total. The Morgan fingerprint density at radius 1 is 0.900 bits per heavy atom. The summed E-state index contributed by atoms with van der Waals surface area (Å²) in [5, 5.41) is 0. The lowest BCUT2D eigenvalue weighted by atomic mass is 10.2. The van der Waals surface area contributed by atoms with Crippen LogP contribution < -0.4 is 4.72 Å². The molecule has 2 aromatic rings. The Hall–Kier alpha value is -2.02. The third-order valence-corrected chi connectivity index (χ3v) is 4.08. The summed E-state index contributed by atoms with van der Waals surface area (Å²) in [4.78, 5) is -0.163. The maximum Gasteiger partial charge on any atom is 0.262 e. The van der Waals surface area contributed by atoms with Gasteiger partial charge in [0.15, 0.2) is 0 Å². The number of sulfonamides is 1. The predicted molar refractivity (Wildman–Crippen MR) is 68.3 cm³/mol. The van der Waals surface area contributed by atoms with Crippen LogP contribution in [0.5, 0.6) is 0 Å². The molecule has 0 aliphatic carbocycles. The van der Waals surface area contributed by atoms with Gasteiger partial charge in [-0.15, -0.1) is 0 Å². The SMILES string of the molecule is Cc1cc(F)ccc1S(=O)(=O)Nc1cc(F)cc(F)c1. The lowest BCUT2D eigenvalue weighted by Gasteiger charge is -2.10. The van der Waals surface area contributed by atoms with Crippen LogP contribution in [0.3, 0.4) is 0 Å². The number of anilines is 1. The summed E-state index contributed by atoms with van der Waals surface area (Å²) >= 11 is 0. The first-order valence-corrected chi connectivity index (χ1v) is 7.01. The smallest absolute Gasteiger partial charge is 0.262 e. The predicted octanol–water partition coefficient (Wildman–Crippen LogP) is 3.21. The Labute approximate surface area is 114 Å². The Morgan fingerprint density at radius 2 is 1.50 bits per heavy atom. The highest BCUT2D eigenvalue weighted by Gasteiger charge is 2.18. The van der Waals surface area contributed by atoms with E-state index in [0.717, 1.165) is 30.3 Å². The Morgan fingerprint density at radius 3 is 2.05 bits per heavy atom. The molecule has 3 nitrogen and oxygen atoms in total. The van der Waals surface area contributed by atoms with Crippen molar-refractivity contribution < 1.29 is 21.6 Å². The molecule has 0 aliphatic heterocycles. The summed E-state index contributed by atoms with van der Waals surface area (Å²) in [5.74, 6) is -2.38. The number of benzene rings is 2. The van der Waals surface area contributed by atoms with Crippen molar-refractivity contribution in [2.24, 2.45) is 0 Å². The lowest BCUT2D eigenvalue weighted by Crippen LogP contribution is -2.14. The van der Waals surface area contributed by atoms with Gasteiger partial charge in [-0.25, -0.2) is 21.6 Å². The highest BCUT2D eigenvalue weighted by atomic mass is 32.2. The molecule has 106 valence electrons. The van der Waals surface area contributed by atoms with Gasteiger partial charge in [-0.05, 0) is 42.8 Å². The van der Waals surface area contributed by atoms with Crippen LogP contribution in [0.1, 0.15) is 5.56 Å². The fourth-order valence-corrected chi connectivity index (χ4v) is 3.01. The van der Waals surface area contributed by atoms with Gasteiger partial charge in [-0.2, -0.15) is 0 Å². The quantitative estimate of drug-likeness (QED) is 0.946. The van der Waals surface area contributed by atoms with E-state index in [1.165, 1.54) is 6.92 Å². The van der Waals surface area contributed by atoms with Gasteiger partial charge >= 0.3 is 0 Å². The van der Waals surface area contributed by atoms with Gasteiger partial charge in [-0.3, -0.25) is 4.72 Å². The van der Waals surface area contributed by atoms with Crippen molar-refractivity contribution >= 4 is 15.7 Å². The van der Waals surface area contributed by atoms with Crippen LogP contribution >= 0.6 is 0 Å². The number of rotatable bonds is 3. The molecule has 0 unspecified atom stereocenters. The highest BCUT2D eigenvalue weighted by Crippen LogP contribution is 2.21. The third kappa shape index (κ3) is 3.11. The topological polar surface area (TPSA) is 46.2 Å². The lowest BCUT2D eigenvalue weighted by molar-refractivity contribution is 0.584. The van der Waals surface area contributed by atoms with Crippen LogP contribution in [0, 0.1) is 24.4 Å². The summed E-state index contributed by atoms with van der Waals surface area (Å²) in [6.45, 7) is 1.42. The zero-order valence-corrected chi connectivity index (χ0v) is 11.1. The number of hydrogen-bond acceptors (Lipinski definition) is 2. The molecule has 0 radical (unpaired) electrons. The molecule has 0 saturated heterocycles. The molecular weight excluding hydrogens is 291 g/mol. The molecule has 0 saturated carbocycles. The molecule has 0 amide bonds. The van der Waals surface area contributed by atoms with Crippen molar-refractivity contribution in [3.63, 3.8) is 0 Å². The molecular formula is C13H10F3NO2S. The summed E-state index contributed by atoms with van der Waals surface area (Å²) in [6, 6.07) is 5.46. The highest BCUT2D eigenvalue weighted by molar-refractivity contribution is 7.92. The van der Waals surface area contributed by atoms with Gasteiger partial charge < -0.3 is 0 Å². The second-order valence-corrected chi connectivity index (χ2v) is 5.82. The minimum atomic E-state index is -4.04. The zero-order valence-electron chi connectivity index (χ0n) is 10.3. The van der Waals surface area contributed by atoms with E-state index < -0.39 is 27.5 Å². The first-order chi connectivity index (χ1) is 9.28. The maximum atomic E-state index is 13.0. The molecule has 0 atom stereocenters. The van der Waals surface area contributed by atoms with Gasteiger partial charge in [0.2, 0.25) is 0 Å². The average molecular weight is 301 g/mol. The van der Waals surface area contributed by atoms with E-state index >= 15 is 0 Å². The summed E-state index contributed by atoms with van der Waals surface area (Å²) in [7, 11) is -4.04. The largest absolute Gasteiger partial charge is 0.279 e. The monoisotopic (exact) mass is 301 g/mol. The van der Waals surface area contributed by atoms with Gasteiger partial charge in [0.1, 0.15) is 17.5 Å². The molecule has 2 aromatic carbocycles. The van der Waals surface area contributed by atoms with Crippen molar-refractivity contribution in [3.8, 4) is 0 Å². The molecule has 0 fully saturated rings.